The Balaban J connectivity index is 3.12. The van der Waals surface area contributed by atoms with Crippen LogP contribution in [0.4, 0.5) is 4.39 Å². The van der Waals surface area contributed by atoms with Crippen molar-refractivity contribution in [1.29, 1.82) is 5.26 Å². The Morgan fingerprint density at radius 1 is 1.59 bits per heavy atom. The van der Waals surface area contributed by atoms with Crippen LogP contribution < -0.4 is 5.73 Å². The van der Waals surface area contributed by atoms with E-state index in [2.05, 4.69) is 0 Å². The first-order valence-electron chi connectivity index (χ1n) is 5.19. The topological polar surface area (TPSA) is 76.1 Å². The van der Waals surface area contributed by atoms with Crippen LogP contribution in [0.3, 0.4) is 0 Å². The highest BCUT2D eigenvalue weighted by molar-refractivity contribution is 5.74. The summed E-state index contributed by atoms with van der Waals surface area (Å²) >= 11 is 0. The van der Waals surface area contributed by atoms with Crippen molar-refractivity contribution < 1.29 is 13.9 Å². The van der Waals surface area contributed by atoms with Crippen molar-refractivity contribution in [3.8, 4) is 6.07 Å². The maximum absolute atomic E-state index is 13.1. The van der Waals surface area contributed by atoms with Crippen molar-refractivity contribution in [1.82, 2.24) is 0 Å². The van der Waals surface area contributed by atoms with Gasteiger partial charge in [-0.15, -0.1) is 0 Å². The number of esters is 1. The quantitative estimate of drug-likeness (QED) is 0.798. The summed E-state index contributed by atoms with van der Waals surface area (Å²) in [7, 11) is 0. The number of benzene rings is 1. The summed E-state index contributed by atoms with van der Waals surface area (Å²) in [6.45, 7) is 2.03. The van der Waals surface area contributed by atoms with E-state index in [-0.39, 0.29) is 25.1 Å². The smallest absolute Gasteiger partial charge is 0.310 e. The molecule has 0 fully saturated rings. The first-order valence-corrected chi connectivity index (χ1v) is 5.19. The van der Waals surface area contributed by atoms with Crippen molar-refractivity contribution in [3.05, 3.63) is 34.6 Å². The van der Waals surface area contributed by atoms with E-state index in [1.165, 1.54) is 6.07 Å². The van der Waals surface area contributed by atoms with Crippen molar-refractivity contribution in [2.45, 2.75) is 19.9 Å². The predicted octanol–water partition coefficient (Wildman–Crippen LogP) is 1.26. The Bertz CT molecular complexity index is 466. The van der Waals surface area contributed by atoms with Crippen LogP contribution in [0.1, 0.15) is 23.6 Å². The number of halogens is 1. The summed E-state index contributed by atoms with van der Waals surface area (Å²) in [5, 5.41) is 8.90. The van der Waals surface area contributed by atoms with E-state index < -0.39 is 11.8 Å². The second-order valence-electron chi connectivity index (χ2n) is 3.39. The summed E-state index contributed by atoms with van der Waals surface area (Å²) < 4.78 is 17.9. The van der Waals surface area contributed by atoms with Gasteiger partial charge in [-0.25, -0.2) is 4.39 Å². The van der Waals surface area contributed by atoms with Gasteiger partial charge in [0.2, 0.25) is 0 Å². The minimum Gasteiger partial charge on any atom is -0.466 e. The number of nitrogens with two attached hydrogens (primary N) is 1. The number of carbonyl (C=O) groups excluding carboxylic acids is 1. The zero-order valence-corrected chi connectivity index (χ0v) is 9.50. The largest absolute Gasteiger partial charge is 0.466 e. The lowest BCUT2D eigenvalue weighted by molar-refractivity contribution is -0.142. The highest BCUT2D eigenvalue weighted by Gasteiger charge is 2.14. The SMILES string of the molecule is CCOC(=O)Cc1c(C#N)cc(F)cc1CN. The van der Waals surface area contributed by atoms with Gasteiger partial charge in [-0.3, -0.25) is 4.79 Å². The fourth-order valence-electron chi connectivity index (χ4n) is 1.54. The van der Waals surface area contributed by atoms with Gasteiger partial charge in [-0.1, -0.05) is 0 Å². The van der Waals surface area contributed by atoms with Crippen LogP contribution in [0.5, 0.6) is 0 Å². The highest BCUT2D eigenvalue weighted by atomic mass is 19.1. The number of hydrogen-bond acceptors (Lipinski definition) is 4. The number of nitriles is 1. The van der Waals surface area contributed by atoms with Gasteiger partial charge < -0.3 is 10.5 Å². The van der Waals surface area contributed by atoms with Gasteiger partial charge in [-0.05, 0) is 30.2 Å². The summed E-state index contributed by atoms with van der Waals surface area (Å²) in [4.78, 5) is 11.4. The van der Waals surface area contributed by atoms with Crippen molar-refractivity contribution in [3.63, 3.8) is 0 Å². The fourth-order valence-corrected chi connectivity index (χ4v) is 1.54. The Morgan fingerprint density at radius 2 is 2.29 bits per heavy atom. The zero-order valence-electron chi connectivity index (χ0n) is 9.50. The minimum atomic E-state index is -0.533. The molecule has 0 heterocycles. The van der Waals surface area contributed by atoms with Gasteiger partial charge in [0.15, 0.2) is 0 Å². The molecule has 4 nitrogen and oxygen atoms in total. The molecule has 0 aliphatic heterocycles. The van der Waals surface area contributed by atoms with Crippen LogP contribution in [0, 0.1) is 17.1 Å². The van der Waals surface area contributed by atoms with Gasteiger partial charge in [0, 0.05) is 6.54 Å². The Hall–Kier alpha value is -1.93. The molecule has 1 aromatic carbocycles. The van der Waals surface area contributed by atoms with E-state index in [9.17, 15) is 9.18 Å². The molecule has 0 aliphatic rings. The molecule has 0 saturated carbocycles. The maximum atomic E-state index is 13.1. The average Bonchev–Trinajstić information content (AvgIpc) is 2.31. The molecular formula is C12H13FN2O2. The van der Waals surface area contributed by atoms with E-state index in [1.54, 1.807) is 6.92 Å². The van der Waals surface area contributed by atoms with E-state index in [4.69, 9.17) is 15.7 Å². The van der Waals surface area contributed by atoms with E-state index in [0.29, 0.717) is 11.1 Å². The lowest BCUT2D eigenvalue weighted by Gasteiger charge is -2.09. The maximum Gasteiger partial charge on any atom is 0.310 e. The molecule has 0 amide bonds. The van der Waals surface area contributed by atoms with Crippen LogP contribution in [-0.2, 0) is 22.5 Å². The monoisotopic (exact) mass is 236 g/mol. The number of nitrogens with zero attached hydrogens (tertiary/aromatic N) is 1. The first-order chi connectivity index (χ1) is 8.12. The normalized spacial score (nSPS) is 9.76. The lowest BCUT2D eigenvalue weighted by Crippen LogP contribution is -2.13. The molecule has 0 atom stereocenters. The second-order valence-corrected chi connectivity index (χ2v) is 3.39. The number of hydrogen-bond donors (Lipinski definition) is 1. The van der Waals surface area contributed by atoms with E-state index in [1.807, 2.05) is 6.07 Å². The van der Waals surface area contributed by atoms with Crippen LogP contribution in [-0.4, -0.2) is 12.6 Å². The van der Waals surface area contributed by atoms with Crippen LogP contribution in [0.25, 0.3) is 0 Å². The number of carbonyl (C=O) groups is 1. The third-order valence-corrected chi connectivity index (χ3v) is 2.27. The first kappa shape index (κ1) is 13.1. The van der Waals surface area contributed by atoms with Gasteiger partial charge >= 0.3 is 5.97 Å². The molecule has 0 bridgehead atoms. The minimum absolute atomic E-state index is 0.0659. The molecule has 1 rings (SSSR count). The van der Waals surface area contributed by atoms with Gasteiger partial charge in [0.1, 0.15) is 5.82 Å². The molecule has 0 radical (unpaired) electrons. The lowest BCUT2D eigenvalue weighted by atomic mass is 9.98. The van der Waals surface area contributed by atoms with Crippen molar-refractivity contribution >= 4 is 5.97 Å². The van der Waals surface area contributed by atoms with Gasteiger partial charge in [-0.2, -0.15) is 5.26 Å². The summed E-state index contributed by atoms with van der Waals surface area (Å²) in [6.07, 6.45) is -0.0659. The van der Waals surface area contributed by atoms with Crippen molar-refractivity contribution in [2.75, 3.05) is 6.61 Å². The standard InChI is InChI=1S/C12H13FN2O2/c1-2-17-12(16)5-11-8(6-14)3-10(13)4-9(11)7-15/h3-4H,2,5-6,14H2,1H3. The third kappa shape index (κ3) is 3.26. The predicted molar refractivity (Wildman–Crippen MR) is 59.3 cm³/mol. The molecule has 0 spiro atoms. The van der Waals surface area contributed by atoms with Gasteiger partial charge in [0.25, 0.3) is 0 Å². The third-order valence-electron chi connectivity index (χ3n) is 2.27. The summed E-state index contributed by atoms with van der Waals surface area (Å²) in [6, 6.07) is 4.18. The number of rotatable bonds is 4. The summed E-state index contributed by atoms with van der Waals surface area (Å²) in [5.41, 5.74) is 6.48. The zero-order chi connectivity index (χ0) is 12.8. The van der Waals surface area contributed by atoms with Crippen molar-refractivity contribution in [2.24, 2.45) is 5.73 Å². The second kappa shape index (κ2) is 5.97. The van der Waals surface area contributed by atoms with E-state index >= 15 is 0 Å². The van der Waals surface area contributed by atoms with E-state index in [0.717, 1.165) is 6.07 Å². The average molecular weight is 236 g/mol. The Labute approximate surface area is 98.8 Å². The van der Waals surface area contributed by atoms with Gasteiger partial charge in [0.05, 0.1) is 24.7 Å². The molecule has 0 aliphatic carbocycles. The van der Waals surface area contributed by atoms with Crippen LogP contribution >= 0.6 is 0 Å². The molecule has 90 valence electrons. The molecule has 0 saturated heterocycles. The number of ether oxygens (including phenoxy) is 1. The molecule has 1 aromatic rings. The highest BCUT2D eigenvalue weighted by Crippen LogP contribution is 2.17. The molecule has 0 unspecified atom stereocenters. The Kier molecular flexibility index (Phi) is 4.61. The molecule has 2 N–H and O–H groups in total. The molecular weight excluding hydrogens is 223 g/mol. The van der Waals surface area contributed by atoms with Crippen LogP contribution in [0.2, 0.25) is 0 Å². The summed E-state index contributed by atoms with van der Waals surface area (Å²) in [5.74, 6) is -0.986. The molecule has 0 aromatic heterocycles. The fraction of sp³-hybridized carbons (Fsp3) is 0.333. The Morgan fingerprint density at radius 3 is 2.82 bits per heavy atom. The van der Waals surface area contributed by atoms with Crippen LogP contribution in [0.15, 0.2) is 12.1 Å². The molecule has 17 heavy (non-hydrogen) atoms. The molecule has 5 heteroatoms.